The van der Waals surface area contributed by atoms with E-state index in [0.29, 0.717) is 6.04 Å². The van der Waals surface area contributed by atoms with Crippen molar-refractivity contribution in [2.45, 2.75) is 58.4 Å². The summed E-state index contributed by atoms with van der Waals surface area (Å²) in [6.45, 7) is 5.35. The third-order valence-electron chi connectivity index (χ3n) is 3.92. The minimum absolute atomic E-state index is 0. The molecule has 1 aromatic rings. The number of ether oxygens (including phenoxy) is 1. The van der Waals surface area contributed by atoms with E-state index in [0.717, 1.165) is 25.2 Å². The monoisotopic (exact) mass is 313 g/mol. The maximum absolute atomic E-state index is 5.76. The minimum Gasteiger partial charge on any atom is -0.494 e. The lowest BCUT2D eigenvalue weighted by Gasteiger charge is -2.19. The number of rotatable bonds is 10. The predicted molar refractivity (Wildman–Crippen MR) is 94.8 cm³/mol. The van der Waals surface area contributed by atoms with Gasteiger partial charge < -0.3 is 9.64 Å². The summed E-state index contributed by atoms with van der Waals surface area (Å²) in [4.78, 5) is 2.27. The van der Waals surface area contributed by atoms with Gasteiger partial charge >= 0.3 is 0 Å². The molecule has 3 heteroatoms. The van der Waals surface area contributed by atoms with Crippen LogP contribution in [-0.2, 0) is 6.42 Å². The van der Waals surface area contributed by atoms with Crippen molar-refractivity contribution >= 4 is 12.4 Å². The second kappa shape index (κ2) is 11.9. The molecule has 0 aliphatic carbocycles. The van der Waals surface area contributed by atoms with Crippen LogP contribution < -0.4 is 4.74 Å². The number of hydrogen-bond donors (Lipinski definition) is 0. The van der Waals surface area contributed by atoms with Crippen LogP contribution >= 0.6 is 12.4 Å². The molecule has 1 unspecified atom stereocenters. The lowest BCUT2D eigenvalue weighted by molar-refractivity contribution is 0.298. The SMILES string of the molecule is CCCCCCOc1ccc(CCC(C)N(C)C)cc1.Cl. The second-order valence-corrected chi connectivity index (χ2v) is 5.90. The molecule has 0 aromatic heterocycles. The molecule has 0 aliphatic heterocycles. The lowest BCUT2D eigenvalue weighted by atomic mass is 10.1. The van der Waals surface area contributed by atoms with E-state index in [1.54, 1.807) is 0 Å². The molecule has 0 amide bonds. The summed E-state index contributed by atoms with van der Waals surface area (Å²) in [5, 5.41) is 0. The first-order valence-corrected chi connectivity index (χ1v) is 8.01. The van der Waals surface area contributed by atoms with E-state index < -0.39 is 0 Å². The van der Waals surface area contributed by atoms with Crippen LogP contribution in [0.3, 0.4) is 0 Å². The zero-order valence-electron chi connectivity index (χ0n) is 14.1. The van der Waals surface area contributed by atoms with E-state index in [1.165, 1.54) is 31.2 Å². The van der Waals surface area contributed by atoms with Crippen molar-refractivity contribution in [3.05, 3.63) is 29.8 Å². The summed E-state index contributed by atoms with van der Waals surface area (Å²) in [7, 11) is 4.28. The fourth-order valence-electron chi connectivity index (χ4n) is 2.10. The van der Waals surface area contributed by atoms with Gasteiger partial charge in [-0.15, -0.1) is 12.4 Å². The fourth-order valence-corrected chi connectivity index (χ4v) is 2.10. The lowest BCUT2D eigenvalue weighted by Crippen LogP contribution is -2.24. The van der Waals surface area contributed by atoms with Gasteiger partial charge in [-0.05, 0) is 58.0 Å². The molecule has 0 heterocycles. The largest absolute Gasteiger partial charge is 0.494 e. The average molecular weight is 314 g/mol. The Kier molecular flexibility index (Phi) is 11.5. The van der Waals surface area contributed by atoms with E-state index >= 15 is 0 Å². The highest BCUT2D eigenvalue weighted by atomic mass is 35.5. The first-order valence-electron chi connectivity index (χ1n) is 8.01. The van der Waals surface area contributed by atoms with Gasteiger partial charge in [0, 0.05) is 6.04 Å². The molecule has 0 saturated heterocycles. The number of nitrogens with zero attached hydrogens (tertiary/aromatic N) is 1. The molecule has 0 fully saturated rings. The zero-order valence-corrected chi connectivity index (χ0v) is 14.9. The van der Waals surface area contributed by atoms with Crippen molar-refractivity contribution in [2.75, 3.05) is 20.7 Å². The van der Waals surface area contributed by atoms with Crippen LogP contribution in [0, 0.1) is 0 Å². The van der Waals surface area contributed by atoms with Crippen LogP contribution in [0.15, 0.2) is 24.3 Å². The van der Waals surface area contributed by atoms with Crippen LogP contribution in [-0.4, -0.2) is 31.6 Å². The van der Waals surface area contributed by atoms with Gasteiger partial charge in [-0.2, -0.15) is 0 Å². The van der Waals surface area contributed by atoms with Crippen molar-refractivity contribution in [1.29, 1.82) is 0 Å². The summed E-state index contributed by atoms with van der Waals surface area (Å²) in [6, 6.07) is 9.24. The molecule has 0 aliphatic rings. The maximum Gasteiger partial charge on any atom is 0.119 e. The van der Waals surface area contributed by atoms with E-state index in [-0.39, 0.29) is 12.4 Å². The summed E-state index contributed by atoms with van der Waals surface area (Å²) < 4.78 is 5.76. The molecule has 0 spiro atoms. The fraction of sp³-hybridized carbons (Fsp3) is 0.667. The minimum atomic E-state index is 0. The third kappa shape index (κ3) is 9.00. The predicted octanol–water partition coefficient (Wildman–Crippen LogP) is 4.95. The van der Waals surface area contributed by atoms with Crippen molar-refractivity contribution < 1.29 is 4.74 Å². The molecule has 0 radical (unpaired) electrons. The van der Waals surface area contributed by atoms with Gasteiger partial charge in [-0.1, -0.05) is 38.3 Å². The van der Waals surface area contributed by atoms with Gasteiger partial charge in [0.15, 0.2) is 0 Å². The van der Waals surface area contributed by atoms with Crippen molar-refractivity contribution in [3.8, 4) is 5.75 Å². The third-order valence-corrected chi connectivity index (χ3v) is 3.92. The molecular weight excluding hydrogens is 282 g/mol. The van der Waals surface area contributed by atoms with Crippen molar-refractivity contribution in [1.82, 2.24) is 4.90 Å². The standard InChI is InChI=1S/C18H31NO.ClH/c1-5-6-7-8-15-20-18-13-11-17(12-14-18)10-9-16(2)19(3)4;/h11-14,16H,5-10,15H2,1-4H3;1H. The summed E-state index contributed by atoms with van der Waals surface area (Å²) >= 11 is 0. The van der Waals surface area contributed by atoms with Crippen LogP contribution in [0.5, 0.6) is 5.75 Å². The Labute approximate surface area is 137 Å². The summed E-state index contributed by atoms with van der Waals surface area (Å²) in [5.74, 6) is 1.01. The normalized spacial score (nSPS) is 12.0. The van der Waals surface area contributed by atoms with E-state index in [4.69, 9.17) is 4.74 Å². The molecule has 0 saturated carbocycles. The molecule has 2 nitrogen and oxygen atoms in total. The van der Waals surface area contributed by atoms with E-state index in [1.807, 2.05) is 0 Å². The molecule has 0 bridgehead atoms. The van der Waals surface area contributed by atoms with Gasteiger partial charge in [-0.25, -0.2) is 0 Å². The van der Waals surface area contributed by atoms with Gasteiger partial charge in [0.05, 0.1) is 6.61 Å². The van der Waals surface area contributed by atoms with Crippen LogP contribution in [0.25, 0.3) is 0 Å². The summed E-state index contributed by atoms with van der Waals surface area (Å²) in [5.41, 5.74) is 1.40. The number of benzene rings is 1. The highest BCUT2D eigenvalue weighted by molar-refractivity contribution is 5.85. The molecule has 0 N–H and O–H groups in total. The van der Waals surface area contributed by atoms with Gasteiger partial charge in [0.2, 0.25) is 0 Å². The Bertz CT molecular complexity index is 351. The topological polar surface area (TPSA) is 12.5 Å². The van der Waals surface area contributed by atoms with Gasteiger partial charge in [-0.3, -0.25) is 0 Å². The molecule has 21 heavy (non-hydrogen) atoms. The quantitative estimate of drug-likeness (QED) is 0.567. The number of aryl methyl sites for hydroxylation is 1. The molecule has 122 valence electrons. The Balaban J connectivity index is 0.00000400. The van der Waals surface area contributed by atoms with Gasteiger partial charge in [0.1, 0.15) is 5.75 Å². The average Bonchev–Trinajstić information content (AvgIpc) is 2.45. The smallest absolute Gasteiger partial charge is 0.119 e. The van der Waals surface area contributed by atoms with Crippen LogP contribution in [0.4, 0.5) is 0 Å². The molecule has 1 rings (SSSR count). The number of unbranched alkanes of at least 4 members (excludes halogenated alkanes) is 3. The van der Waals surface area contributed by atoms with Crippen molar-refractivity contribution in [2.24, 2.45) is 0 Å². The van der Waals surface area contributed by atoms with E-state index in [9.17, 15) is 0 Å². The van der Waals surface area contributed by atoms with Gasteiger partial charge in [0.25, 0.3) is 0 Å². The van der Waals surface area contributed by atoms with Crippen LogP contribution in [0.1, 0.15) is 51.5 Å². The zero-order chi connectivity index (χ0) is 14.8. The highest BCUT2D eigenvalue weighted by Crippen LogP contribution is 2.15. The summed E-state index contributed by atoms with van der Waals surface area (Å²) in [6.07, 6.45) is 7.36. The highest BCUT2D eigenvalue weighted by Gasteiger charge is 2.04. The van der Waals surface area contributed by atoms with Crippen molar-refractivity contribution in [3.63, 3.8) is 0 Å². The molecule has 1 aromatic carbocycles. The molecular formula is C18H32ClNO. The Morgan fingerprint density at radius 3 is 2.29 bits per heavy atom. The maximum atomic E-state index is 5.76. The Morgan fingerprint density at radius 1 is 1.05 bits per heavy atom. The molecule has 1 atom stereocenters. The number of halogens is 1. The first-order chi connectivity index (χ1) is 9.63. The second-order valence-electron chi connectivity index (χ2n) is 5.90. The number of hydrogen-bond acceptors (Lipinski definition) is 2. The first kappa shape index (κ1) is 20.3. The Hall–Kier alpha value is -0.730. The Morgan fingerprint density at radius 2 is 1.71 bits per heavy atom. The van der Waals surface area contributed by atoms with Crippen LogP contribution in [0.2, 0.25) is 0 Å². The van der Waals surface area contributed by atoms with E-state index in [2.05, 4.69) is 57.1 Å².